The lowest BCUT2D eigenvalue weighted by atomic mass is 9.69. The van der Waals surface area contributed by atoms with Crippen molar-refractivity contribution in [3.05, 3.63) is 28.2 Å². The molecule has 0 atom stereocenters. The van der Waals surface area contributed by atoms with Crippen molar-refractivity contribution in [1.82, 2.24) is 5.32 Å². The van der Waals surface area contributed by atoms with E-state index in [9.17, 15) is 9.59 Å². The molecule has 0 heterocycles. The van der Waals surface area contributed by atoms with Gasteiger partial charge in [0.25, 0.3) is 0 Å². The zero-order valence-corrected chi connectivity index (χ0v) is 16.5. The molecule has 6 heteroatoms. The van der Waals surface area contributed by atoms with Gasteiger partial charge in [0.1, 0.15) is 0 Å². The molecule has 0 radical (unpaired) electrons. The zero-order valence-electron chi connectivity index (χ0n) is 15.0. The van der Waals surface area contributed by atoms with E-state index in [1.807, 2.05) is 0 Å². The first-order valence-electron chi connectivity index (χ1n) is 8.80. The average molecular weight is 385 g/mol. The Kier molecular flexibility index (Phi) is 6.75. The molecule has 0 unspecified atom stereocenters. The van der Waals surface area contributed by atoms with Crippen LogP contribution in [0.25, 0.3) is 0 Å². The summed E-state index contributed by atoms with van der Waals surface area (Å²) in [6.45, 7) is 6.83. The molecule has 1 fully saturated rings. The Hall–Kier alpha value is -1.26. The Labute approximate surface area is 159 Å². The molecule has 1 aliphatic rings. The first-order chi connectivity index (χ1) is 11.7. The molecule has 0 spiro atoms. The number of anilines is 1. The van der Waals surface area contributed by atoms with Crippen molar-refractivity contribution in [3.63, 3.8) is 0 Å². The maximum absolute atomic E-state index is 12.1. The summed E-state index contributed by atoms with van der Waals surface area (Å²) in [6.07, 6.45) is 5.12. The summed E-state index contributed by atoms with van der Waals surface area (Å²) in [6, 6.07) is 4.95. The third-order valence-electron chi connectivity index (χ3n) is 5.48. The highest BCUT2D eigenvalue weighted by molar-refractivity contribution is 6.45. The van der Waals surface area contributed by atoms with Gasteiger partial charge in [-0.05, 0) is 49.1 Å². The van der Waals surface area contributed by atoms with Gasteiger partial charge in [0, 0.05) is 6.04 Å². The van der Waals surface area contributed by atoms with Crippen LogP contribution in [0, 0.1) is 11.3 Å². The number of carbonyl (C=O) groups excluding carboxylic acids is 2. The number of halogens is 2. The highest BCUT2D eigenvalue weighted by atomic mass is 35.5. The van der Waals surface area contributed by atoms with Crippen LogP contribution < -0.4 is 10.6 Å². The molecular weight excluding hydrogens is 359 g/mol. The minimum absolute atomic E-state index is 0.0528. The van der Waals surface area contributed by atoms with Gasteiger partial charge in [-0.15, -0.1) is 0 Å². The van der Waals surface area contributed by atoms with E-state index in [1.165, 1.54) is 0 Å². The Bertz CT molecular complexity index is 638. The highest BCUT2D eigenvalue weighted by Crippen LogP contribution is 2.40. The van der Waals surface area contributed by atoms with Crippen LogP contribution in [-0.2, 0) is 9.59 Å². The standard InChI is InChI=1S/C19H26Cl2N2O2/c1-4-19(2,3)12-8-10-13(11-9-12)22-17(24)18(25)23-15-7-5-6-14(20)16(15)21/h5-7,12-13H,4,8-11H2,1-3H3,(H,22,24)(H,23,25). The zero-order chi connectivity index (χ0) is 18.6. The molecule has 4 nitrogen and oxygen atoms in total. The fourth-order valence-electron chi connectivity index (χ4n) is 3.34. The van der Waals surface area contributed by atoms with E-state index in [0.717, 1.165) is 32.1 Å². The monoisotopic (exact) mass is 384 g/mol. The number of hydrogen-bond acceptors (Lipinski definition) is 2. The minimum Gasteiger partial charge on any atom is -0.345 e. The molecule has 1 saturated carbocycles. The van der Waals surface area contributed by atoms with Gasteiger partial charge in [0.15, 0.2) is 0 Å². The summed E-state index contributed by atoms with van der Waals surface area (Å²) >= 11 is 11.9. The van der Waals surface area contributed by atoms with Crippen LogP contribution in [0.15, 0.2) is 18.2 Å². The van der Waals surface area contributed by atoms with Gasteiger partial charge in [0.05, 0.1) is 15.7 Å². The smallest absolute Gasteiger partial charge is 0.313 e. The predicted octanol–water partition coefficient (Wildman–Crippen LogP) is 5.04. The van der Waals surface area contributed by atoms with Crippen molar-refractivity contribution in [1.29, 1.82) is 0 Å². The molecule has 2 rings (SSSR count). The Morgan fingerprint density at radius 3 is 2.36 bits per heavy atom. The third kappa shape index (κ3) is 5.11. The number of amides is 2. The summed E-state index contributed by atoms with van der Waals surface area (Å²) in [5, 5.41) is 5.91. The summed E-state index contributed by atoms with van der Waals surface area (Å²) in [5.74, 6) is -0.681. The molecule has 0 aromatic heterocycles. The molecule has 25 heavy (non-hydrogen) atoms. The summed E-state index contributed by atoms with van der Waals surface area (Å²) < 4.78 is 0. The SMILES string of the molecule is CCC(C)(C)C1CCC(NC(=O)C(=O)Nc2cccc(Cl)c2Cl)CC1. The van der Waals surface area contributed by atoms with E-state index in [2.05, 4.69) is 31.4 Å². The maximum Gasteiger partial charge on any atom is 0.313 e. The maximum atomic E-state index is 12.1. The Morgan fingerprint density at radius 2 is 1.76 bits per heavy atom. The number of hydrogen-bond donors (Lipinski definition) is 2. The number of benzene rings is 1. The molecule has 1 aromatic rings. The van der Waals surface area contributed by atoms with Gasteiger partial charge in [-0.3, -0.25) is 9.59 Å². The van der Waals surface area contributed by atoms with E-state index in [0.29, 0.717) is 22.0 Å². The topological polar surface area (TPSA) is 58.2 Å². The first kappa shape index (κ1) is 20.1. The lowest BCUT2D eigenvalue weighted by molar-refractivity contribution is -0.136. The average Bonchev–Trinajstić information content (AvgIpc) is 2.59. The second-order valence-electron chi connectivity index (χ2n) is 7.42. The van der Waals surface area contributed by atoms with E-state index in [-0.39, 0.29) is 11.1 Å². The van der Waals surface area contributed by atoms with Gasteiger partial charge in [-0.25, -0.2) is 0 Å². The van der Waals surface area contributed by atoms with Crippen molar-refractivity contribution in [2.24, 2.45) is 11.3 Å². The molecule has 1 aromatic carbocycles. The fourth-order valence-corrected chi connectivity index (χ4v) is 3.69. The Morgan fingerprint density at radius 1 is 1.12 bits per heavy atom. The molecule has 2 amide bonds. The van der Waals surface area contributed by atoms with E-state index in [4.69, 9.17) is 23.2 Å². The van der Waals surface area contributed by atoms with E-state index in [1.54, 1.807) is 18.2 Å². The van der Waals surface area contributed by atoms with Crippen molar-refractivity contribution in [2.75, 3.05) is 5.32 Å². The molecule has 0 saturated heterocycles. The highest BCUT2D eigenvalue weighted by Gasteiger charge is 2.32. The van der Waals surface area contributed by atoms with Crippen LogP contribution in [0.5, 0.6) is 0 Å². The van der Waals surface area contributed by atoms with E-state index >= 15 is 0 Å². The van der Waals surface area contributed by atoms with Gasteiger partial charge >= 0.3 is 11.8 Å². The summed E-state index contributed by atoms with van der Waals surface area (Å²) in [5.41, 5.74) is 0.665. The van der Waals surface area contributed by atoms with Crippen molar-refractivity contribution < 1.29 is 9.59 Å². The van der Waals surface area contributed by atoms with Gasteiger partial charge in [-0.1, -0.05) is 56.5 Å². The Balaban J connectivity index is 1.86. The second kappa shape index (κ2) is 8.41. The summed E-state index contributed by atoms with van der Waals surface area (Å²) in [7, 11) is 0. The van der Waals surface area contributed by atoms with Crippen LogP contribution >= 0.6 is 23.2 Å². The molecule has 138 valence electrons. The van der Waals surface area contributed by atoms with Gasteiger partial charge < -0.3 is 10.6 Å². The van der Waals surface area contributed by atoms with Crippen molar-refractivity contribution in [2.45, 2.75) is 58.9 Å². The van der Waals surface area contributed by atoms with Crippen LogP contribution in [0.1, 0.15) is 52.9 Å². The lowest BCUT2D eigenvalue weighted by Gasteiger charge is -2.39. The molecular formula is C19H26Cl2N2O2. The van der Waals surface area contributed by atoms with Crippen LogP contribution in [0.4, 0.5) is 5.69 Å². The van der Waals surface area contributed by atoms with E-state index < -0.39 is 11.8 Å². The second-order valence-corrected chi connectivity index (χ2v) is 8.20. The fraction of sp³-hybridized carbons (Fsp3) is 0.579. The van der Waals surface area contributed by atoms with Crippen LogP contribution in [0.2, 0.25) is 10.0 Å². The molecule has 0 bridgehead atoms. The molecule has 2 N–H and O–H groups in total. The lowest BCUT2D eigenvalue weighted by Crippen LogP contribution is -2.44. The van der Waals surface area contributed by atoms with Crippen molar-refractivity contribution >= 4 is 40.7 Å². The van der Waals surface area contributed by atoms with Crippen molar-refractivity contribution in [3.8, 4) is 0 Å². The molecule has 1 aliphatic carbocycles. The van der Waals surface area contributed by atoms with Gasteiger partial charge in [-0.2, -0.15) is 0 Å². The predicted molar refractivity (Wildman–Crippen MR) is 103 cm³/mol. The minimum atomic E-state index is -0.722. The van der Waals surface area contributed by atoms with Crippen LogP contribution in [0.3, 0.4) is 0 Å². The van der Waals surface area contributed by atoms with Crippen LogP contribution in [-0.4, -0.2) is 17.9 Å². The quantitative estimate of drug-likeness (QED) is 0.713. The normalized spacial score (nSPS) is 20.8. The summed E-state index contributed by atoms with van der Waals surface area (Å²) in [4.78, 5) is 24.2. The van der Waals surface area contributed by atoms with Gasteiger partial charge in [0.2, 0.25) is 0 Å². The number of carbonyl (C=O) groups is 2. The number of nitrogens with one attached hydrogen (secondary N) is 2. The first-order valence-corrected chi connectivity index (χ1v) is 9.56. The third-order valence-corrected chi connectivity index (χ3v) is 6.30. The largest absolute Gasteiger partial charge is 0.345 e. The number of rotatable bonds is 4. The molecule has 0 aliphatic heterocycles.